The highest BCUT2D eigenvalue weighted by Crippen LogP contribution is 2.29. The Labute approximate surface area is 171 Å². The van der Waals surface area contributed by atoms with Gasteiger partial charge in [-0.25, -0.2) is 9.97 Å². The van der Waals surface area contributed by atoms with Gasteiger partial charge in [-0.1, -0.05) is 12.1 Å². The van der Waals surface area contributed by atoms with Crippen molar-refractivity contribution in [3.8, 4) is 5.75 Å². The van der Waals surface area contributed by atoms with E-state index in [1.807, 2.05) is 43.5 Å². The number of pyridine rings is 1. The number of nitrogens with one attached hydrogen (secondary N) is 1. The molecule has 29 heavy (non-hydrogen) atoms. The second-order valence-electron chi connectivity index (χ2n) is 7.19. The quantitative estimate of drug-likeness (QED) is 0.714. The number of nitrogens with zero attached hydrogens (tertiary/aromatic N) is 5. The molecular weight excluding hydrogens is 364 g/mol. The Hall–Kier alpha value is -3.35. The highest BCUT2D eigenvalue weighted by Gasteiger charge is 2.20. The zero-order chi connectivity index (χ0) is 20.2. The van der Waals surface area contributed by atoms with E-state index in [2.05, 4.69) is 44.1 Å². The number of aryl methyl sites for hydroxylation is 2. The predicted molar refractivity (Wildman–Crippen MR) is 116 cm³/mol. The molecule has 1 N–H and O–H groups in total. The molecule has 0 unspecified atom stereocenters. The van der Waals surface area contributed by atoms with Crippen LogP contribution in [-0.2, 0) is 0 Å². The summed E-state index contributed by atoms with van der Waals surface area (Å²) in [5.41, 5.74) is 2.98. The zero-order valence-corrected chi connectivity index (χ0v) is 17.1. The number of ether oxygens (including phenoxy) is 1. The van der Waals surface area contributed by atoms with Crippen molar-refractivity contribution in [2.75, 3.05) is 48.4 Å². The maximum absolute atomic E-state index is 5.48. The fourth-order valence-electron chi connectivity index (χ4n) is 3.49. The van der Waals surface area contributed by atoms with Crippen LogP contribution in [0, 0.1) is 13.8 Å². The molecule has 1 fully saturated rings. The minimum absolute atomic E-state index is 0.750. The van der Waals surface area contributed by atoms with Gasteiger partial charge >= 0.3 is 0 Å². The Balaban J connectivity index is 1.50. The molecule has 0 radical (unpaired) electrons. The second-order valence-corrected chi connectivity index (χ2v) is 7.19. The molecule has 0 saturated carbocycles. The van der Waals surface area contributed by atoms with Crippen LogP contribution >= 0.6 is 0 Å². The SMILES string of the molecule is COc1ccc(C)cc1Nc1cc(C)nc(N2CCN(c3ccccn3)CC2)n1. The summed E-state index contributed by atoms with van der Waals surface area (Å²) in [4.78, 5) is 18.4. The molecule has 1 aliphatic rings. The van der Waals surface area contributed by atoms with Gasteiger partial charge < -0.3 is 19.9 Å². The molecule has 1 aromatic carbocycles. The van der Waals surface area contributed by atoms with Gasteiger partial charge in [0.1, 0.15) is 17.4 Å². The Kier molecular flexibility index (Phi) is 5.46. The third-order valence-electron chi connectivity index (χ3n) is 5.00. The molecule has 7 heteroatoms. The lowest BCUT2D eigenvalue weighted by Gasteiger charge is -2.35. The fraction of sp³-hybridized carbons (Fsp3) is 0.318. The van der Waals surface area contributed by atoms with Crippen LogP contribution in [0.2, 0.25) is 0 Å². The molecule has 0 aliphatic carbocycles. The highest BCUT2D eigenvalue weighted by atomic mass is 16.5. The molecule has 4 rings (SSSR count). The lowest BCUT2D eigenvalue weighted by Crippen LogP contribution is -2.47. The number of rotatable bonds is 5. The van der Waals surface area contributed by atoms with Crippen LogP contribution in [0.4, 0.5) is 23.3 Å². The second kappa shape index (κ2) is 8.34. The van der Waals surface area contributed by atoms with Gasteiger partial charge in [0.2, 0.25) is 5.95 Å². The fourth-order valence-corrected chi connectivity index (χ4v) is 3.49. The maximum Gasteiger partial charge on any atom is 0.227 e. The summed E-state index contributed by atoms with van der Waals surface area (Å²) in [5, 5.41) is 3.40. The number of piperazine rings is 1. The number of aromatic nitrogens is 3. The van der Waals surface area contributed by atoms with Gasteiger partial charge in [0.15, 0.2) is 0 Å². The third kappa shape index (κ3) is 4.39. The molecule has 3 aromatic rings. The van der Waals surface area contributed by atoms with E-state index in [9.17, 15) is 0 Å². The molecular formula is C22H26N6O. The van der Waals surface area contributed by atoms with Gasteiger partial charge in [-0.15, -0.1) is 0 Å². The van der Waals surface area contributed by atoms with Crippen LogP contribution in [0.15, 0.2) is 48.7 Å². The van der Waals surface area contributed by atoms with Gasteiger partial charge in [0.25, 0.3) is 0 Å². The smallest absolute Gasteiger partial charge is 0.227 e. The monoisotopic (exact) mass is 390 g/mol. The number of methoxy groups -OCH3 is 1. The first-order chi connectivity index (χ1) is 14.1. The topological polar surface area (TPSA) is 66.4 Å². The van der Waals surface area contributed by atoms with Crippen molar-refractivity contribution < 1.29 is 4.74 Å². The predicted octanol–water partition coefficient (Wildman–Crippen LogP) is 3.57. The van der Waals surface area contributed by atoms with E-state index in [0.29, 0.717) is 0 Å². The molecule has 1 saturated heterocycles. The molecule has 0 spiro atoms. The first-order valence-corrected chi connectivity index (χ1v) is 9.80. The standard InChI is InChI=1S/C22H26N6O/c1-16-7-8-19(29-3)18(14-16)25-20-15-17(2)24-22(26-20)28-12-10-27(11-13-28)21-6-4-5-9-23-21/h4-9,14-15H,10-13H2,1-3H3,(H,24,25,26). The van der Waals surface area contributed by atoms with Gasteiger partial charge in [-0.2, -0.15) is 4.98 Å². The lowest BCUT2D eigenvalue weighted by molar-refractivity contribution is 0.416. The summed E-state index contributed by atoms with van der Waals surface area (Å²) in [5.74, 6) is 3.33. The van der Waals surface area contributed by atoms with Gasteiger partial charge in [0, 0.05) is 44.1 Å². The summed E-state index contributed by atoms with van der Waals surface area (Å²) in [6.45, 7) is 7.54. The third-order valence-corrected chi connectivity index (χ3v) is 5.00. The van der Waals surface area contributed by atoms with Crippen LogP contribution in [-0.4, -0.2) is 48.2 Å². The van der Waals surface area contributed by atoms with Crippen molar-refractivity contribution in [1.29, 1.82) is 0 Å². The van der Waals surface area contributed by atoms with E-state index in [0.717, 1.165) is 66.5 Å². The molecule has 0 amide bonds. The van der Waals surface area contributed by atoms with Crippen LogP contribution in [0.3, 0.4) is 0 Å². The van der Waals surface area contributed by atoms with Crippen LogP contribution in [0.5, 0.6) is 5.75 Å². The first-order valence-electron chi connectivity index (χ1n) is 9.80. The summed E-state index contributed by atoms with van der Waals surface area (Å²) in [6, 6.07) is 14.0. The van der Waals surface area contributed by atoms with Crippen LogP contribution in [0.25, 0.3) is 0 Å². The Morgan fingerprint density at radius 2 is 1.72 bits per heavy atom. The van der Waals surface area contributed by atoms with Crippen molar-refractivity contribution in [3.05, 3.63) is 59.9 Å². The van der Waals surface area contributed by atoms with Crippen molar-refractivity contribution in [2.45, 2.75) is 13.8 Å². The van der Waals surface area contributed by atoms with E-state index in [4.69, 9.17) is 9.72 Å². The van der Waals surface area contributed by atoms with Crippen molar-refractivity contribution in [3.63, 3.8) is 0 Å². The molecule has 0 atom stereocenters. The summed E-state index contributed by atoms with van der Waals surface area (Å²) >= 11 is 0. The molecule has 3 heterocycles. The molecule has 7 nitrogen and oxygen atoms in total. The maximum atomic E-state index is 5.48. The Morgan fingerprint density at radius 3 is 2.45 bits per heavy atom. The van der Waals surface area contributed by atoms with E-state index in [1.54, 1.807) is 7.11 Å². The zero-order valence-electron chi connectivity index (χ0n) is 17.1. The molecule has 150 valence electrons. The van der Waals surface area contributed by atoms with Crippen LogP contribution in [0.1, 0.15) is 11.3 Å². The van der Waals surface area contributed by atoms with Gasteiger partial charge in [0.05, 0.1) is 12.8 Å². The normalized spacial score (nSPS) is 14.0. The highest BCUT2D eigenvalue weighted by molar-refractivity contribution is 5.66. The number of anilines is 4. The minimum Gasteiger partial charge on any atom is -0.495 e. The van der Waals surface area contributed by atoms with Gasteiger partial charge in [-0.3, -0.25) is 0 Å². The number of benzene rings is 1. The summed E-state index contributed by atoms with van der Waals surface area (Å²) < 4.78 is 5.48. The molecule has 0 bridgehead atoms. The summed E-state index contributed by atoms with van der Waals surface area (Å²) in [7, 11) is 1.67. The Bertz CT molecular complexity index is 970. The number of hydrogen-bond acceptors (Lipinski definition) is 7. The van der Waals surface area contributed by atoms with Gasteiger partial charge in [-0.05, 0) is 43.7 Å². The molecule has 2 aromatic heterocycles. The minimum atomic E-state index is 0.750. The lowest BCUT2D eigenvalue weighted by atomic mass is 10.2. The van der Waals surface area contributed by atoms with E-state index in [-0.39, 0.29) is 0 Å². The number of hydrogen-bond donors (Lipinski definition) is 1. The summed E-state index contributed by atoms with van der Waals surface area (Å²) in [6.07, 6.45) is 1.84. The average molecular weight is 390 g/mol. The average Bonchev–Trinajstić information content (AvgIpc) is 2.74. The van der Waals surface area contributed by atoms with E-state index in [1.165, 1.54) is 0 Å². The van der Waals surface area contributed by atoms with Crippen LogP contribution < -0.4 is 19.9 Å². The Morgan fingerprint density at radius 1 is 0.931 bits per heavy atom. The largest absolute Gasteiger partial charge is 0.495 e. The van der Waals surface area contributed by atoms with Crippen molar-refractivity contribution in [1.82, 2.24) is 15.0 Å². The molecule has 1 aliphatic heterocycles. The van der Waals surface area contributed by atoms with E-state index >= 15 is 0 Å². The first kappa shape index (κ1) is 19.0. The van der Waals surface area contributed by atoms with Crippen molar-refractivity contribution in [2.24, 2.45) is 0 Å². The van der Waals surface area contributed by atoms with Crippen molar-refractivity contribution >= 4 is 23.3 Å². The van der Waals surface area contributed by atoms with E-state index < -0.39 is 0 Å².